The third-order valence-corrected chi connectivity index (χ3v) is 3.49. The van der Waals surface area contributed by atoms with Crippen LogP contribution < -0.4 is 4.74 Å². The van der Waals surface area contributed by atoms with Gasteiger partial charge in [-0.25, -0.2) is 0 Å². The zero-order valence-electron chi connectivity index (χ0n) is 12.6. The van der Waals surface area contributed by atoms with Crippen molar-refractivity contribution >= 4 is 0 Å². The molecule has 0 radical (unpaired) electrons. The van der Waals surface area contributed by atoms with Gasteiger partial charge >= 0.3 is 0 Å². The standard InChI is InChI=1S/C18H22O2/c1-5-20-17-9-7-13(3)11-16(17)18(19)15-10-12(2)6-8-14(15)4/h6-11,18-19H,5H2,1-4H3. The van der Waals surface area contributed by atoms with Crippen LogP contribution in [0.4, 0.5) is 0 Å². The van der Waals surface area contributed by atoms with Crippen LogP contribution in [0.2, 0.25) is 0 Å². The average Bonchev–Trinajstić information content (AvgIpc) is 2.43. The van der Waals surface area contributed by atoms with Crippen LogP contribution in [0, 0.1) is 20.8 Å². The minimum Gasteiger partial charge on any atom is -0.493 e. The monoisotopic (exact) mass is 270 g/mol. The third-order valence-electron chi connectivity index (χ3n) is 3.49. The number of hydrogen-bond acceptors (Lipinski definition) is 2. The minimum atomic E-state index is -0.656. The molecule has 0 aliphatic rings. The van der Waals surface area contributed by atoms with E-state index in [9.17, 15) is 5.11 Å². The van der Waals surface area contributed by atoms with Crippen LogP contribution in [0.15, 0.2) is 36.4 Å². The van der Waals surface area contributed by atoms with Crippen molar-refractivity contribution in [2.24, 2.45) is 0 Å². The fourth-order valence-electron chi connectivity index (χ4n) is 2.39. The van der Waals surface area contributed by atoms with E-state index < -0.39 is 6.10 Å². The summed E-state index contributed by atoms with van der Waals surface area (Å²) >= 11 is 0. The van der Waals surface area contributed by atoms with E-state index in [1.54, 1.807) is 0 Å². The maximum absolute atomic E-state index is 10.7. The predicted molar refractivity (Wildman–Crippen MR) is 82.3 cm³/mol. The summed E-state index contributed by atoms with van der Waals surface area (Å²) in [5.74, 6) is 0.756. The van der Waals surface area contributed by atoms with E-state index in [0.717, 1.165) is 33.6 Å². The second-order valence-electron chi connectivity index (χ2n) is 5.24. The summed E-state index contributed by atoms with van der Waals surface area (Å²) in [5, 5.41) is 10.7. The molecule has 2 rings (SSSR count). The van der Waals surface area contributed by atoms with Crippen molar-refractivity contribution in [3.05, 3.63) is 64.2 Å². The summed E-state index contributed by atoms with van der Waals surface area (Å²) in [6, 6.07) is 12.1. The molecule has 20 heavy (non-hydrogen) atoms. The lowest BCUT2D eigenvalue weighted by Crippen LogP contribution is -2.06. The molecule has 0 aliphatic heterocycles. The Morgan fingerprint density at radius 3 is 2.20 bits per heavy atom. The van der Waals surface area contributed by atoms with Gasteiger partial charge in [0, 0.05) is 5.56 Å². The molecule has 0 heterocycles. The average molecular weight is 270 g/mol. The number of ether oxygens (including phenoxy) is 1. The normalized spacial score (nSPS) is 12.2. The first-order valence-corrected chi connectivity index (χ1v) is 7.01. The van der Waals surface area contributed by atoms with Crippen molar-refractivity contribution in [3.8, 4) is 5.75 Å². The van der Waals surface area contributed by atoms with Crippen LogP contribution in [0.3, 0.4) is 0 Å². The molecule has 1 N–H and O–H groups in total. The zero-order valence-corrected chi connectivity index (χ0v) is 12.6. The molecule has 0 amide bonds. The van der Waals surface area contributed by atoms with E-state index in [0.29, 0.717) is 6.61 Å². The second kappa shape index (κ2) is 6.10. The maximum Gasteiger partial charge on any atom is 0.125 e. The molecule has 0 aromatic heterocycles. The Kier molecular flexibility index (Phi) is 4.46. The molecular weight excluding hydrogens is 248 g/mol. The molecule has 0 spiro atoms. The van der Waals surface area contributed by atoms with Crippen LogP contribution in [-0.4, -0.2) is 11.7 Å². The van der Waals surface area contributed by atoms with Gasteiger partial charge in [-0.05, 0) is 51.0 Å². The Labute approximate surface area is 121 Å². The molecule has 0 bridgehead atoms. The van der Waals surface area contributed by atoms with Crippen molar-refractivity contribution in [2.75, 3.05) is 6.61 Å². The van der Waals surface area contributed by atoms with Gasteiger partial charge in [0.25, 0.3) is 0 Å². The summed E-state index contributed by atoms with van der Waals surface area (Å²) in [5.41, 5.74) is 5.13. The largest absolute Gasteiger partial charge is 0.493 e. The van der Waals surface area contributed by atoms with Gasteiger partial charge < -0.3 is 9.84 Å². The van der Waals surface area contributed by atoms with E-state index in [-0.39, 0.29) is 0 Å². The van der Waals surface area contributed by atoms with Crippen LogP contribution in [0.5, 0.6) is 5.75 Å². The SMILES string of the molecule is CCOc1ccc(C)cc1C(O)c1cc(C)ccc1C. The molecule has 0 fully saturated rings. The number of aliphatic hydroxyl groups is 1. The molecule has 2 aromatic carbocycles. The summed E-state index contributed by atoms with van der Waals surface area (Å²) in [6.07, 6.45) is -0.656. The molecule has 1 atom stereocenters. The Morgan fingerprint density at radius 2 is 1.55 bits per heavy atom. The van der Waals surface area contributed by atoms with Gasteiger partial charge in [-0.2, -0.15) is 0 Å². The highest BCUT2D eigenvalue weighted by Gasteiger charge is 2.17. The fraction of sp³-hybridized carbons (Fsp3) is 0.333. The van der Waals surface area contributed by atoms with E-state index in [1.165, 1.54) is 0 Å². The van der Waals surface area contributed by atoms with Crippen molar-refractivity contribution in [2.45, 2.75) is 33.8 Å². The first-order valence-electron chi connectivity index (χ1n) is 7.01. The van der Waals surface area contributed by atoms with Crippen LogP contribution in [0.1, 0.15) is 40.8 Å². The molecule has 2 nitrogen and oxygen atoms in total. The molecule has 106 valence electrons. The van der Waals surface area contributed by atoms with E-state index in [4.69, 9.17) is 4.74 Å². The molecular formula is C18H22O2. The highest BCUT2D eigenvalue weighted by molar-refractivity contribution is 5.45. The van der Waals surface area contributed by atoms with Crippen molar-refractivity contribution in [1.82, 2.24) is 0 Å². The van der Waals surface area contributed by atoms with Crippen molar-refractivity contribution in [1.29, 1.82) is 0 Å². The number of aryl methyl sites for hydroxylation is 3. The highest BCUT2D eigenvalue weighted by Crippen LogP contribution is 2.32. The van der Waals surface area contributed by atoms with Gasteiger partial charge in [-0.1, -0.05) is 35.4 Å². The number of hydrogen-bond donors (Lipinski definition) is 1. The maximum atomic E-state index is 10.7. The molecule has 0 saturated carbocycles. The van der Waals surface area contributed by atoms with Gasteiger partial charge in [0.1, 0.15) is 11.9 Å². The number of rotatable bonds is 4. The summed E-state index contributed by atoms with van der Waals surface area (Å²) < 4.78 is 5.64. The van der Waals surface area contributed by atoms with E-state index in [1.807, 2.05) is 58.0 Å². The first kappa shape index (κ1) is 14.6. The molecule has 1 unspecified atom stereocenters. The van der Waals surface area contributed by atoms with Gasteiger partial charge in [0.05, 0.1) is 6.61 Å². The summed E-state index contributed by atoms with van der Waals surface area (Å²) in [7, 11) is 0. The van der Waals surface area contributed by atoms with Gasteiger partial charge in [0.2, 0.25) is 0 Å². The van der Waals surface area contributed by atoms with E-state index in [2.05, 4.69) is 6.07 Å². The van der Waals surface area contributed by atoms with Gasteiger partial charge in [-0.15, -0.1) is 0 Å². The fourth-order valence-corrected chi connectivity index (χ4v) is 2.39. The lowest BCUT2D eigenvalue weighted by Gasteiger charge is -2.19. The van der Waals surface area contributed by atoms with Crippen LogP contribution in [0.25, 0.3) is 0 Å². The Bertz CT molecular complexity index is 602. The molecule has 2 aromatic rings. The lowest BCUT2D eigenvalue weighted by molar-refractivity contribution is 0.211. The molecule has 2 heteroatoms. The number of benzene rings is 2. The van der Waals surface area contributed by atoms with Crippen molar-refractivity contribution in [3.63, 3.8) is 0 Å². The third kappa shape index (κ3) is 3.02. The quantitative estimate of drug-likeness (QED) is 0.906. The lowest BCUT2D eigenvalue weighted by atomic mass is 9.94. The zero-order chi connectivity index (χ0) is 14.7. The Morgan fingerprint density at radius 1 is 0.950 bits per heavy atom. The first-order chi connectivity index (χ1) is 9.52. The number of aliphatic hydroxyl groups excluding tert-OH is 1. The smallest absolute Gasteiger partial charge is 0.125 e. The highest BCUT2D eigenvalue weighted by atomic mass is 16.5. The summed E-state index contributed by atoms with van der Waals surface area (Å²) in [4.78, 5) is 0. The van der Waals surface area contributed by atoms with E-state index >= 15 is 0 Å². The topological polar surface area (TPSA) is 29.5 Å². The van der Waals surface area contributed by atoms with Crippen LogP contribution in [-0.2, 0) is 0 Å². The Hall–Kier alpha value is -1.80. The Balaban J connectivity index is 2.49. The molecule has 0 aliphatic carbocycles. The molecule has 0 saturated heterocycles. The van der Waals surface area contributed by atoms with Gasteiger partial charge in [0.15, 0.2) is 0 Å². The van der Waals surface area contributed by atoms with Crippen molar-refractivity contribution < 1.29 is 9.84 Å². The second-order valence-corrected chi connectivity index (χ2v) is 5.24. The minimum absolute atomic E-state index is 0.593. The predicted octanol–water partition coefficient (Wildman–Crippen LogP) is 4.09. The van der Waals surface area contributed by atoms with Crippen LogP contribution >= 0.6 is 0 Å². The summed E-state index contributed by atoms with van der Waals surface area (Å²) in [6.45, 7) is 8.63. The van der Waals surface area contributed by atoms with Gasteiger partial charge in [-0.3, -0.25) is 0 Å².